The number of urea groups is 1. The van der Waals surface area contributed by atoms with Gasteiger partial charge in [-0.2, -0.15) is 0 Å². The number of hydrogen-bond donors (Lipinski definition) is 3. The first-order valence-electron chi connectivity index (χ1n) is 8.11. The van der Waals surface area contributed by atoms with Crippen LogP contribution in [0, 0.1) is 5.92 Å². The number of carbonyl (C=O) groups is 1. The molecule has 1 aliphatic carbocycles. The van der Waals surface area contributed by atoms with Gasteiger partial charge in [0.2, 0.25) is 0 Å². The van der Waals surface area contributed by atoms with Crippen molar-refractivity contribution in [2.24, 2.45) is 5.92 Å². The molecule has 1 heterocycles. The van der Waals surface area contributed by atoms with Crippen molar-refractivity contribution in [1.82, 2.24) is 10.6 Å². The Balaban J connectivity index is 1.65. The van der Waals surface area contributed by atoms with Gasteiger partial charge in [-0.05, 0) is 26.3 Å². The smallest absolute Gasteiger partial charge is 0.315 e. The zero-order valence-electron chi connectivity index (χ0n) is 13.6. The highest BCUT2D eigenvalue weighted by Crippen LogP contribution is 2.39. The molecule has 124 valence electrons. The quantitative estimate of drug-likeness (QED) is 0.751. The molecule has 0 bridgehead atoms. The predicted octanol–water partition coefficient (Wildman–Crippen LogP) is 2.53. The summed E-state index contributed by atoms with van der Waals surface area (Å²) >= 11 is 0. The first-order chi connectivity index (χ1) is 11.0. The molecule has 3 N–H and O–H groups in total. The van der Waals surface area contributed by atoms with Gasteiger partial charge in [0, 0.05) is 30.6 Å². The highest BCUT2D eigenvalue weighted by Gasteiger charge is 2.34. The lowest BCUT2D eigenvalue weighted by molar-refractivity contribution is 0.0678. The molecule has 0 saturated carbocycles. The van der Waals surface area contributed by atoms with Gasteiger partial charge in [-0.25, -0.2) is 4.79 Å². The van der Waals surface area contributed by atoms with Crippen LogP contribution in [0.4, 0.5) is 4.79 Å². The monoisotopic (exact) mass is 316 g/mol. The van der Waals surface area contributed by atoms with Crippen LogP contribution in [-0.4, -0.2) is 29.4 Å². The Morgan fingerprint density at radius 2 is 2.09 bits per heavy atom. The summed E-state index contributed by atoms with van der Waals surface area (Å²) in [7, 11) is 0. The predicted molar refractivity (Wildman–Crippen MR) is 88.3 cm³/mol. The van der Waals surface area contributed by atoms with E-state index in [2.05, 4.69) is 10.6 Å². The number of nitrogens with one attached hydrogen (secondary N) is 2. The van der Waals surface area contributed by atoms with Gasteiger partial charge in [-0.1, -0.05) is 30.4 Å². The molecule has 0 fully saturated rings. The van der Waals surface area contributed by atoms with E-state index in [1.165, 1.54) is 0 Å². The summed E-state index contributed by atoms with van der Waals surface area (Å²) in [6.45, 7) is 4.18. The second kappa shape index (κ2) is 6.24. The third-order valence-corrected chi connectivity index (χ3v) is 4.40. The van der Waals surface area contributed by atoms with Gasteiger partial charge in [0.1, 0.15) is 11.4 Å². The Morgan fingerprint density at radius 1 is 1.30 bits per heavy atom. The van der Waals surface area contributed by atoms with Crippen LogP contribution in [0.1, 0.15) is 38.3 Å². The average Bonchev–Trinajstić information content (AvgIpc) is 2.93. The number of aliphatic hydroxyl groups excluding tert-OH is 1. The molecule has 3 rings (SSSR count). The summed E-state index contributed by atoms with van der Waals surface area (Å²) in [6, 6.07) is 7.55. The Bertz CT molecular complexity index is 612. The van der Waals surface area contributed by atoms with Gasteiger partial charge in [-0.15, -0.1) is 0 Å². The topological polar surface area (TPSA) is 70.6 Å². The maximum Gasteiger partial charge on any atom is 0.315 e. The molecule has 0 aromatic heterocycles. The number of fused-ring (bicyclic) bond motifs is 1. The minimum Gasteiger partial charge on any atom is -0.487 e. The summed E-state index contributed by atoms with van der Waals surface area (Å²) in [5.41, 5.74) is 0.693. The van der Waals surface area contributed by atoms with Crippen molar-refractivity contribution < 1.29 is 14.6 Å². The molecule has 1 aromatic carbocycles. The van der Waals surface area contributed by atoms with Crippen LogP contribution in [0.2, 0.25) is 0 Å². The van der Waals surface area contributed by atoms with E-state index in [1.807, 2.05) is 50.3 Å². The molecule has 1 unspecified atom stereocenters. The Hall–Kier alpha value is -2.01. The van der Waals surface area contributed by atoms with Gasteiger partial charge in [-0.3, -0.25) is 0 Å². The molecule has 2 amide bonds. The second-order valence-corrected chi connectivity index (χ2v) is 6.94. The lowest BCUT2D eigenvalue weighted by Gasteiger charge is -2.38. The molecule has 1 aliphatic heterocycles. The van der Waals surface area contributed by atoms with Crippen molar-refractivity contribution in [3.05, 3.63) is 42.0 Å². The van der Waals surface area contributed by atoms with E-state index in [0.29, 0.717) is 0 Å². The van der Waals surface area contributed by atoms with E-state index in [9.17, 15) is 4.79 Å². The largest absolute Gasteiger partial charge is 0.487 e. The van der Waals surface area contributed by atoms with Crippen LogP contribution in [-0.2, 0) is 0 Å². The van der Waals surface area contributed by atoms with E-state index in [4.69, 9.17) is 9.84 Å². The Labute approximate surface area is 136 Å². The zero-order chi connectivity index (χ0) is 16.4. The molecule has 1 aromatic rings. The SMILES string of the molecule is CC1(C)CC(NC(=O)N[C@@H]2C=C[C@H](CO)C2)c2ccccc2O1. The molecule has 23 heavy (non-hydrogen) atoms. The highest BCUT2D eigenvalue weighted by atomic mass is 16.5. The lowest BCUT2D eigenvalue weighted by Crippen LogP contribution is -2.46. The number of amides is 2. The number of ether oxygens (including phenoxy) is 1. The maximum atomic E-state index is 12.3. The Kier molecular flexibility index (Phi) is 4.31. The van der Waals surface area contributed by atoms with Crippen LogP contribution in [0.3, 0.4) is 0 Å². The molecular formula is C18H24N2O3. The van der Waals surface area contributed by atoms with Crippen molar-refractivity contribution in [1.29, 1.82) is 0 Å². The summed E-state index contributed by atoms with van der Waals surface area (Å²) in [5, 5.41) is 15.2. The molecule has 3 atom stereocenters. The second-order valence-electron chi connectivity index (χ2n) is 6.94. The number of hydrogen-bond acceptors (Lipinski definition) is 3. The maximum absolute atomic E-state index is 12.3. The molecule has 0 spiro atoms. The summed E-state index contributed by atoms with van der Waals surface area (Å²) in [6.07, 6.45) is 5.37. The first kappa shape index (κ1) is 15.9. The normalized spacial score (nSPS) is 27.9. The number of carbonyl (C=O) groups excluding carboxylic acids is 1. The fourth-order valence-electron chi connectivity index (χ4n) is 3.32. The van der Waals surface area contributed by atoms with Gasteiger partial charge in [0.15, 0.2) is 0 Å². The minimum absolute atomic E-state index is 0.0183. The minimum atomic E-state index is -0.318. The Morgan fingerprint density at radius 3 is 2.83 bits per heavy atom. The molecule has 0 radical (unpaired) electrons. The third-order valence-electron chi connectivity index (χ3n) is 4.40. The van der Waals surface area contributed by atoms with Crippen LogP contribution in [0.5, 0.6) is 5.75 Å². The lowest BCUT2D eigenvalue weighted by atomic mass is 9.90. The summed E-state index contributed by atoms with van der Waals surface area (Å²) in [5.74, 6) is 0.971. The first-order valence-corrected chi connectivity index (χ1v) is 8.11. The number of rotatable bonds is 3. The van der Waals surface area contributed by atoms with Crippen molar-refractivity contribution in [2.75, 3.05) is 6.61 Å². The van der Waals surface area contributed by atoms with Gasteiger partial charge in [0.05, 0.1) is 6.04 Å². The molecule has 5 heteroatoms. The molecule has 0 saturated heterocycles. The van der Waals surface area contributed by atoms with Crippen LogP contribution in [0.25, 0.3) is 0 Å². The fraction of sp³-hybridized carbons (Fsp3) is 0.500. The standard InChI is InChI=1S/C18H24N2O3/c1-18(2)10-15(14-5-3-4-6-16(14)23-18)20-17(22)19-13-8-7-12(9-13)11-21/h3-8,12-13,15,21H,9-11H2,1-2H3,(H2,19,20,22)/t12-,13+,15?/m0/s1. The van der Waals surface area contributed by atoms with Crippen LogP contribution < -0.4 is 15.4 Å². The van der Waals surface area contributed by atoms with Gasteiger partial charge >= 0.3 is 6.03 Å². The number of aliphatic hydroxyl groups is 1. The molecular weight excluding hydrogens is 292 g/mol. The zero-order valence-corrected chi connectivity index (χ0v) is 13.6. The van der Waals surface area contributed by atoms with Crippen LogP contribution in [0.15, 0.2) is 36.4 Å². The fourth-order valence-corrected chi connectivity index (χ4v) is 3.32. The van der Waals surface area contributed by atoms with Crippen molar-refractivity contribution >= 4 is 6.03 Å². The molecule has 5 nitrogen and oxygen atoms in total. The van der Waals surface area contributed by atoms with Crippen molar-refractivity contribution in [2.45, 2.75) is 44.4 Å². The summed E-state index contributed by atoms with van der Waals surface area (Å²) in [4.78, 5) is 12.3. The van der Waals surface area contributed by atoms with Crippen molar-refractivity contribution in [3.63, 3.8) is 0 Å². The highest BCUT2D eigenvalue weighted by molar-refractivity contribution is 5.75. The van der Waals surface area contributed by atoms with E-state index < -0.39 is 0 Å². The van der Waals surface area contributed by atoms with E-state index in [-0.39, 0.29) is 36.2 Å². The summed E-state index contributed by atoms with van der Waals surface area (Å²) < 4.78 is 5.98. The molecule has 2 aliphatic rings. The average molecular weight is 316 g/mol. The van der Waals surface area contributed by atoms with Crippen LogP contribution >= 0.6 is 0 Å². The number of benzene rings is 1. The third kappa shape index (κ3) is 3.67. The van der Waals surface area contributed by atoms with Gasteiger partial charge < -0.3 is 20.5 Å². The van der Waals surface area contributed by atoms with E-state index in [1.54, 1.807) is 0 Å². The van der Waals surface area contributed by atoms with Gasteiger partial charge in [0.25, 0.3) is 0 Å². The van der Waals surface area contributed by atoms with E-state index >= 15 is 0 Å². The number of para-hydroxylation sites is 1. The van der Waals surface area contributed by atoms with Crippen molar-refractivity contribution in [3.8, 4) is 5.75 Å². The van der Waals surface area contributed by atoms with E-state index in [0.717, 1.165) is 24.2 Å².